The van der Waals surface area contributed by atoms with Crippen LogP contribution < -0.4 is 9.04 Å². The van der Waals surface area contributed by atoms with E-state index in [9.17, 15) is 13.2 Å². The molecule has 6 nitrogen and oxygen atoms in total. The maximum atomic E-state index is 12.7. The number of halogens is 1. The van der Waals surface area contributed by atoms with Crippen molar-refractivity contribution >= 4 is 33.2 Å². The molecule has 1 amide bonds. The lowest BCUT2D eigenvalue weighted by Gasteiger charge is -2.32. The number of carbonyl (C=O) groups excluding carboxylic acids is 1. The average Bonchev–Trinajstić information content (AvgIpc) is 2.77. The van der Waals surface area contributed by atoms with E-state index < -0.39 is 10.0 Å². The SMILES string of the molecule is COc1ccc(N(CCCC(=O)N2CCC(Cc3ccccc3)CC2)S(C)(=O)=O)cc1Cl. The van der Waals surface area contributed by atoms with Crippen LogP contribution in [0.5, 0.6) is 5.75 Å². The van der Waals surface area contributed by atoms with Gasteiger partial charge < -0.3 is 9.64 Å². The molecule has 174 valence electrons. The van der Waals surface area contributed by atoms with Crippen molar-refractivity contribution in [3.8, 4) is 5.75 Å². The number of benzene rings is 2. The zero-order valence-corrected chi connectivity index (χ0v) is 20.2. The molecule has 0 spiro atoms. The van der Waals surface area contributed by atoms with Crippen LogP contribution >= 0.6 is 11.6 Å². The van der Waals surface area contributed by atoms with Crippen LogP contribution in [0.15, 0.2) is 48.5 Å². The van der Waals surface area contributed by atoms with Crippen LogP contribution in [0.25, 0.3) is 0 Å². The summed E-state index contributed by atoms with van der Waals surface area (Å²) in [6, 6.07) is 15.3. The zero-order valence-electron chi connectivity index (χ0n) is 18.7. The van der Waals surface area contributed by atoms with Crippen LogP contribution in [0.2, 0.25) is 5.02 Å². The number of methoxy groups -OCH3 is 1. The third kappa shape index (κ3) is 6.62. The van der Waals surface area contributed by atoms with Crippen molar-refractivity contribution in [3.63, 3.8) is 0 Å². The Morgan fingerprint density at radius 1 is 1.16 bits per heavy atom. The quantitative estimate of drug-likeness (QED) is 0.536. The van der Waals surface area contributed by atoms with Crippen molar-refractivity contribution < 1.29 is 17.9 Å². The fourth-order valence-corrected chi connectivity index (χ4v) is 5.37. The topological polar surface area (TPSA) is 66.9 Å². The van der Waals surface area contributed by atoms with Crippen molar-refractivity contribution in [1.82, 2.24) is 4.90 Å². The zero-order chi connectivity index (χ0) is 23.1. The van der Waals surface area contributed by atoms with Gasteiger partial charge in [0.25, 0.3) is 0 Å². The summed E-state index contributed by atoms with van der Waals surface area (Å²) in [5.41, 5.74) is 1.81. The number of piperidine rings is 1. The summed E-state index contributed by atoms with van der Waals surface area (Å²) >= 11 is 6.17. The van der Waals surface area contributed by atoms with Gasteiger partial charge in [0.1, 0.15) is 5.75 Å². The molecule has 1 aliphatic rings. The number of carbonyl (C=O) groups is 1. The Labute approximate surface area is 196 Å². The molecule has 0 bridgehead atoms. The molecule has 8 heteroatoms. The molecule has 0 saturated carbocycles. The highest BCUT2D eigenvalue weighted by Gasteiger charge is 2.24. The minimum Gasteiger partial charge on any atom is -0.495 e. The monoisotopic (exact) mass is 478 g/mol. The summed E-state index contributed by atoms with van der Waals surface area (Å²) in [5, 5.41) is 0.341. The fourth-order valence-electron chi connectivity index (χ4n) is 4.16. The Morgan fingerprint density at radius 3 is 2.44 bits per heavy atom. The molecule has 2 aromatic rings. The maximum Gasteiger partial charge on any atom is 0.232 e. The molecule has 0 unspecified atom stereocenters. The Bertz CT molecular complexity index is 1010. The highest BCUT2D eigenvalue weighted by molar-refractivity contribution is 7.92. The van der Waals surface area contributed by atoms with Crippen LogP contribution in [0.4, 0.5) is 5.69 Å². The van der Waals surface area contributed by atoms with E-state index in [-0.39, 0.29) is 12.5 Å². The van der Waals surface area contributed by atoms with Gasteiger partial charge in [-0.05, 0) is 55.4 Å². The highest BCUT2D eigenvalue weighted by atomic mass is 35.5. The summed E-state index contributed by atoms with van der Waals surface area (Å²) in [5.74, 6) is 1.17. The number of ether oxygens (including phenoxy) is 1. The second-order valence-corrected chi connectivity index (χ2v) is 10.6. The van der Waals surface area contributed by atoms with Gasteiger partial charge in [0.15, 0.2) is 0 Å². The van der Waals surface area contributed by atoms with E-state index >= 15 is 0 Å². The summed E-state index contributed by atoms with van der Waals surface area (Å²) in [7, 11) is -2.00. The van der Waals surface area contributed by atoms with Crippen LogP contribution in [-0.2, 0) is 21.2 Å². The Morgan fingerprint density at radius 2 is 1.84 bits per heavy atom. The normalized spacial score (nSPS) is 14.9. The maximum absolute atomic E-state index is 12.7. The molecule has 32 heavy (non-hydrogen) atoms. The van der Waals surface area contributed by atoms with Gasteiger partial charge in [-0.15, -0.1) is 0 Å². The van der Waals surface area contributed by atoms with Gasteiger partial charge in [0.2, 0.25) is 15.9 Å². The summed E-state index contributed by atoms with van der Waals surface area (Å²) in [6.07, 6.45) is 4.97. The number of rotatable bonds is 9. The van der Waals surface area contributed by atoms with E-state index in [1.54, 1.807) is 18.2 Å². The third-order valence-electron chi connectivity index (χ3n) is 5.91. The van der Waals surface area contributed by atoms with Gasteiger partial charge in [-0.25, -0.2) is 8.42 Å². The van der Waals surface area contributed by atoms with Crippen LogP contribution in [0, 0.1) is 5.92 Å². The van der Waals surface area contributed by atoms with Gasteiger partial charge >= 0.3 is 0 Å². The number of anilines is 1. The molecular formula is C24H31ClN2O4S. The number of sulfonamides is 1. The second-order valence-electron chi connectivity index (χ2n) is 8.27. The Hall–Kier alpha value is -2.25. The van der Waals surface area contributed by atoms with Crippen LogP contribution in [0.3, 0.4) is 0 Å². The third-order valence-corrected chi connectivity index (χ3v) is 7.40. The van der Waals surface area contributed by atoms with E-state index in [1.165, 1.54) is 17.0 Å². The first-order chi connectivity index (χ1) is 15.3. The number of amides is 1. The Balaban J connectivity index is 1.50. The Kier molecular flexibility index (Phi) is 8.43. The molecule has 0 radical (unpaired) electrons. The molecule has 1 fully saturated rings. The minimum absolute atomic E-state index is 0.0874. The lowest BCUT2D eigenvalue weighted by atomic mass is 9.90. The molecule has 0 atom stereocenters. The number of likely N-dealkylation sites (tertiary alicyclic amines) is 1. The number of nitrogens with zero attached hydrogens (tertiary/aromatic N) is 2. The fraction of sp³-hybridized carbons (Fsp3) is 0.458. The lowest BCUT2D eigenvalue weighted by molar-refractivity contribution is -0.132. The molecule has 3 rings (SSSR count). The molecular weight excluding hydrogens is 448 g/mol. The average molecular weight is 479 g/mol. The van der Waals surface area contributed by atoms with Crippen molar-refractivity contribution in [1.29, 1.82) is 0 Å². The first-order valence-electron chi connectivity index (χ1n) is 10.9. The van der Waals surface area contributed by atoms with Crippen molar-refractivity contribution in [3.05, 3.63) is 59.1 Å². The van der Waals surface area contributed by atoms with Crippen LogP contribution in [-0.4, -0.2) is 52.2 Å². The first kappa shape index (κ1) is 24.4. The predicted molar refractivity (Wildman–Crippen MR) is 129 cm³/mol. The molecule has 1 saturated heterocycles. The molecule has 0 N–H and O–H groups in total. The minimum atomic E-state index is -3.51. The summed E-state index contributed by atoms with van der Waals surface area (Å²) in [4.78, 5) is 14.6. The molecule has 0 aromatic heterocycles. The van der Waals surface area contributed by atoms with E-state index in [2.05, 4.69) is 24.3 Å². The van der Waals surface area contributed by atoms with Crippen molar-refractivity contribution in [2.75, 3.05) is 37.3 Å². The van der Waals surface area contributed by atoms with Crippen molar-refractivity contribution in [2.45, 2.75) is 32.1 Å². The predicted octanol–water partition coefficient (Wildman–Crippen LogP) is 4.38. The highest BCUT2D eigenvalue weighted by Crippen LogP contribution is 2.30. The molecule has 1 aliphatic heterocycles. The largest absolute Gasteiger partial charge is 0.495 e. The molecule has 0 aliphatic carbocycles. The van der Waals surface area contributed by atoms with Gasteiger partial charge in [0, 0.05) is 26.1 Å². The van der Waals surface area contributed by atoms with E-state index in [1.807, 2.05) is 11.0 Å². The van der Waals surface area contributed by atoms with E-state index in [0.29, 0.717) is 35.2 Å². The van der Waals surface area contributed by atoms with Gasteiger partial charge in [-0.1, -0.05) is 41.9 Å². The first-order valence-corrected chi connectivity index (χ1v) is 13.1. The van der Waals surface area contributed by atoms with Gasteiger partial charge in [0.05, 0.1) is 24.1 Å². The number of hydrogen-bond acceptors (Lipinski definition) is 4. The summed E-state index contributed by atoms with van der Waals surface area (Å²) in [6.45, 7) is 1.75. The van der Waals surface area contributed by atoms with E-state index in [4.69, 9.17) is 16.3 Å². The lowest BCUT2D eigenvalue weighted by Crippen LogP contribution is -2.39. The standard InChI is InChI=1S/C24H31ClN2O4S/c1-31-23-11-10-21(18-22(23)25)27(32(2,29)30)14-6-9-24(28)26-15-12-20(13-16-26)17-19-7-4-3-5-8-19/h3-5,7-8,10-11,18,20H,6,9,12-17H2,1-2H3. The van der Waals surface area contributed by atoms with Crippen molar-refractivity contribution in [2.24, 2.45) is 5.92 Å². The number of hydrogen-bond donors (Lipinski definition) is 0. The molecule has 1 heterocycles. The van der Waals surface area contributed by atoms with Gasteiger partial charge in [-0.2, -0.15) is 0 Å². The second kappa shape index (κ2) is 11.1. The van der Waals surface area contributed by atoms with E-state index in [0.717, 1.165) is 38.6 Å². The summed E-state index contributed by atoms with van der Waals surface area (Å²) < 4.78 is 31.1. The van der Waals surface area contributed by atoms with Crippen LogP contribution in [0.1, 0.15) is 31.2 Å². The van der Waals surface area contributed by atoms with Gasteiger partial charge in [-0.3, -0.25) is 9.10 Å². The smallest absolute Gasteiger partial charge is 0.232 e. The molecule has 2 aromatic carbocycles.